The van der Waals surface area contributed by atoms with Crippen molar-refractivity contribution in [1.29, 1.82) is 0 Å². The second-order valence-corrected chi connectivity index (χ2v) is 6.31. The van der Waals surface area contributed by atoms with Crippen LogP contribution in [0.1, 0.15) is 31.9 Å². The molecule has 0 aliphatic heterocycles. The van der Waals surface area contributed by atoms with E-state index >= 15 is 0 Å². The van der Waals surface area contributed by atoms with E-state index in [-0.39, 0.29) is 11.4 Å². The van der Waals surface area contributed by atoms with Crippen LogP contribution in [0.25, 0.3) is 0 Å². The molecule has 0 radical (unpaired) electrons. The minimum absolute atomic E-state index is 0.0122. The first kappa shape index (κ1) is 15.9. The van der Waals surface area contributed by atoms with Gasteiger partial charge in [-0.2, -0.15) is 0 Å². The minimum atomic E-state index is -3.64. The molecule has 0 aliphatic rings. The maximum absolute atomic E-state index is 12.3. The Kier molecular flexibility index (Phi) is 5.34. The van der Waals surface area contributed by atoms with Gasteiger partial charge in [0.05, 0.1) is 11.0 Å². The van der Waals surface area contributed by atoms with Gasteiger partial charge in [0.15, 0.2) is 0 Å². The zero-order valence-electron chi connectivity index (χ0n) is 11.6. The van der Waals surface area contributed by atoms with Gasteiger partial charge in [-0.25, -0.2) is 13.1 Å². The van der Waals surface area contributed by atoms with E-state index in [4.69, 9.17) is 5.73 Å². The van der Waals surface area contributed by atoms with Gasteiger partial charge in [0.25, 0.3) is 0 Å². The fourth-order valence-electron chi connectivity index (χ4n) is 1.86. The summed E-state index contributed by atoms with van der Waals surface area (Å²) in [4.78, 5) is 0.215. The predicted octanol–water partition coefficient (Wildman–Crippen LogP) is 1.05. The number of benzene rings is 1. The molecule has 0 bridgehead atoms. The first-order chi connectivity index (χ1) is 8.81. The highest BCUT2D eigenvalue weighted by Crippen LogP contribution is 2.25. The Labute approximate surface area is 114 Å². The van der Waals surface area contributed by atoms with E-state index in [0.29, 0.717) is 24.1 Å². The summed E-state index contributed by atoms with van der Waals surface area (Å²) in [5.74, 6) is 0. The number of rotatable bonds is 6. The van der Waals surface area contributed by atoms with Crippen molar-refractivity contribution >= 4 is 15.7 Å². The molecule has 0 spiro atoms. The molecule has 0 aliphatic carbocycles. The molecule has 6 heteroatoms. The van der Waals surface area contributed by atoms with Crippen LogP contribution in [-0.2, 0) is 22.9 Å². The Bertz CT molecular complexity index is 539. The van der Waals surface area contributed by atoms with E-state index in [1.807, 2.05) is 19.9 Å². The van der Waals surface area contributed by atoms with Crippen LogP contribution in [0.15, 0.2) is 17.0 Å². The molecule has 1 rings (SSSR count). The molecule has 1 atom stereocenters. The van der Waals surface area contributed by atoms with Crippen molar-refractivity contribution < 1.29 is 13.5 Å². The summed E-state index contributed by atoms with van der Waals surface area (Å²) in [6.45, 7) is 5.33. The molecule has 0 saturated carbocycles. The second kappa shape index (κ2) is 6.36. The van der Waals surface area contributed by atoms with Gasteiger partial charge in [-0.05, 0) is 43.0 Å². The van der Waals surface area contributed by atoms with Gasteiger partial charge < -0.3 is 10.8 Å². The summed E-state index contributed by atoms with van der Waals surface area (Å²) in [5.41, 5.74) is 7.92. The van der Waals surface area contributed by atoms with Crippen molar-refractivity contribution in [1.82, 2.24) is 4.72 Å². The Hall–Kier alpha value is -1.11. The molecule has 0 heterocycles. The van der Waals surface area contributed by atoms with Gasteiger partial charge >= 0.3 is 0 Å². The number of sulfonamides is 1. The molecule has 108 valence electrons. The number of nitrogens with two attached hydrogens (primary N) is 1. The highest BCUT2D eigenvalue weighted by molar-refractivity contribution is 7.89. The Morgan fingerprint density at radius 2 is 1.95 bits per heavy atom. The highest BCUT2D eigenvalue weighted by atomic mass is 32.2. The van der Waals surface area contributed by atoms with E-state index in [0.717, 1.165) is 5.56 Å². The van der Waals surface area contributed by atoms with Crippen LogP contribution in [0.2, 0.25) is 0 Å². The van der Waals surface area contributed by atoms with Crippen LogP contribution in [0.4, 0.5) is 5.69 Å². The molecule has 1 unspecified atom stereocenters. The smallest absolute Gasteiger partial charge is 0.241 e. The lowest BCUT2D eigenvalue weighted by molar-refractivity contribution is 0.198. The molecular formula is C13H22N2O3S. The Balaban J connectivity index is 3.27. The number of aliphatic hydroxyl groups is 1. The standard InChI is InChI=1S/C13H22N2O3S/c1-4-10-6-12(14)11(5-2)13(7-10)19(17,18)15-8-9(3)16/h6-7,9,15-16H,4-5,8,14H2,1-3H3. The van der Waals surface area contributed by atoms with Crippen molar-refractivity contribution in [3.63, 3.8) is 0 Å². The number of nitrogens with one attached hydrogen (secondary N) is 1. The molecule has 0 fully saturated rings. The highest BCUT2D eigenvalue weighted by Gasteiger charge is 2.20. The molecule has 5 nitrogen and oxygen atoms in total. The van der Waals surface area contributed by atoms with Crippen molar-refractivity contribution in [2.75, 3.05) is 12.3 Å². The van der Waals surface area contributed by atoms with Gasteiger partial charge in [0.1, 0.15) is 0 Å². The summed E-state index contributed by atoms with van der Waals surface area (Å²) >= 11 is 0. The van der Waals surface area contributed by atoms with Gasteiger partial charge in [-0.1, -0.05) is 13.8 Å². The zero-order valence-corrected chi connectivity index (χ0v) is 12.4. The molecule has 0 amide bonds. The van der Waals surface area contributed by atoms with Crippen LogP contribution in [0.3, 0.4) is 0 Å². The number of anilines is 1. The van der Waals surface area contributed by atoms with Crippen LogP contribution >= 0.6 is 0 Å². The van der Waals surface area contributed by atoms with Crippen molar-refractivity contribution in [2.45, 2.75) is 44.6 Å². The van der Waals surface area contributed by atoms with Crippen molar-refractivity contribution in [2.24, 2.45) is 0 Å². The predicted molar refractivity (Wildman–Crippen MR) is 76.5 cm³/mol. The number of aryl methyl sites for hydroxylation is 1. The monoisotopic (exact) mass is 286 g/mol. The van der Waals surface area contributed by atoms with Gasteiger partial charge in [0.2, 0.25) is 10.0 Å². The maximum Gasteiger partial charge on any atom is 0.241 e. The SMILES string of the molecule is CCc1cc(N)c(CC)c(S(=O)(=O)NCC(C)O)c1. The first-order valence-electron chi connectivity index (χ1n) is 6.40. The summed E-state index contributed by atoms with van der Waals surface area (Å²) in [6.07, 6.45) is 0.528. The Morgan fingerprint density at radius 1 is 1.32 bits per heavy atom. The van der Waals surface area contributed by atoms with E-state index in [1.165, 1.54) is 6.92 Å². The van der Waals surface area contributed by atoms with Crippen LogP contribution < -0.4 is 10.5 Å². The number of nitrogen functional groups attached to an aromatic ring is 1. The zero-order chi connectivity index (χ0) is 14.6. The number of aliphatic hydroxyl groups excluding tert-OH is 1. The molecule has 0 aromatic heterocycles. The molecule has 1 aromatic rings. The maximum atomic E-state index is 12.3. The topological polar surface area (TPSA) is 92.4 Å². The molecular weight excluding hydrogens is 264 g/mol. The van der Waals surface area contributed by atoms with E-state index in [2.05, 4.69) is 4.72 Å². The summed E-state index contributed by atoms with van der Waals surface area (Å²) in [6, 6.07) is 3.46. The summed E-state index contributed by atoms with van der Waals surface area (Å²) < 4.78 is 26.9. The third-order valence-corrected chi connectivity index (χ3v) is 4.41. The van der Waals surface area contributed by atoms with Crippen molar-refractivity contribution in [3.05, 3.63) is 23.3 Å². The number of hydrogen-bond acceptors (Lipinski definition) is 4. The lowest BCUT2D eigenvalue weighted by Crippen LogP contribution is -2.31. The fourth-order valence-corrected chi connectivity index (χ4v) is 3.37. The molecule has 1 aromatic carbocycles. The molecule has 19 heavy (non-hydrogen) atoms. The van der Waals surface area contributed by atoms with Crippen LogP contribution in [0, 0.1) is 0 Å². The lowest BCUT2D eigenvalue weighted by atomic mass is 10.1. The third-order valence-electron chi connectivity index (χ3n) is 2.92. The lowest BCUT2D eigenvalue weighted by Gasteiger charge is -2.15. The largest absolute Gasteiger partial charge is 0.398 e. The summed E-state index contributed by atoms with van der Waals surface area (Å²) in [7, 11) is -3.64. The normalized spacial score (nSPS) is 13.5. The molecule has 0 saturated heterocycles. The third kappa shape index (κ3) is 3.92. The van der Waals surface area contributed by atoms with Gasteiger partial charge in [0, 0.05) is 12.2 Å². The van der Waals surface area contributed by atoms with Gasteiger partial charge in [-0.3, -0.25) is 0 Å². The van der Waals surface area contributed by atoms with Crippen molar-refractivity contribution in [3.8, 4) is 0 Å². The fraction of sp³-hybridized carbons (Fsp3) is 0.538. The van der Waals surface area contributed by atoms with Gasteiger partial charge in [-0.15, -0.1) is 0 Å². The average Bonchev–Trinajstić information content (AvgIpc) is 2.35. The number of hydrogen-bond donors (Lipinski definition) is 3. The quantitative estimate of drug-likeness (QED) is 0.682. The average molecular weight is 286 g/mol. The van der Waals surface area contributed by atoms with Crippen LogP contribution in [-0.4, -0.2) is 26.2 Å². The van der Waals surface area contributed by atoms with E-state index < -0.39 is 16.1 Å². The Morgan fingerprint density at radius 3 is 2.42 bits per heavy atom. The molecule has 4 N–H and O–H groups in total. The first-order valence-corrected chi connectivity index (χ1v) is 7.89. The second-order valence-electron chi connectivity index (χ2n) is 4.57. The summed E-state index contributed by atoms with van der Waals surface area (Å²) in [5, 5.41) is 9.19. The van der Waals surface area contributed by atoms with E-state index in [1.54, 1.807) is 6.07 Å². The van der Waals surface area contributed by atoms with E-state index in [9.17, 15) is 13.5 Å². The van der Waals surface area contributed by atoms with Crippen LogP contribution in [0.5, 0.6) is 0 Å². The minimum Gasteiger partial charge on any atom is -0.398 e.